The number of nitrogens with two attached hydrogens (primary N) is 1. The third-order valence-corrected chi connectivity index (χ3v) is 5.63. The summed E-state index contributed by atoms with van der Waals surface area (Å²) in [7, 11) is -3.73. The van der Waals surface area contributed by atoms with Gasteiger partial charge in [0.15, 0.2) is 0 Å². The quantitative estimate of drug-likeness (QED) is 0.798. The number of nitrogens with one attached hydrogen (secondary N) is 1. The van der Waals surface area contributed by atoms with E-state index in [4.69, 9.17) is 5.14 Å². The molecule has 2 aromatic rings. The lowest BCUT2D eigenvalue weighted by atomic mass is 10.1. The molecule has 0 saturated heterocycles. The molecule has 1 atom stereocenters. The fourth-order valence-corrected chi connectivity index (χ4v) is 3.50. The van der Waals surface area contributed by atoms with Crippen molar-refractivity contribution in [2.24, 2.45) is 5.14 Å². The van der Waals surface area contributed by atoms with Crippen molar-refractivity contribution < 1.29 is 13.2 Å². The lowest BCUT2D eigenvalue weighted by Crippen LogP contribution is -2.22. The van der Waals surface area contributed by atoms with E-state index in [0.29, 0.717) is 5.69 Å². The molecule has 0 radical (unpaired) electrons. The summed E-state index contributed by atoms with van der Waals surface area (Å²) in [4.78, 5) is 13.3. The van der Waals surface area contributed by atoms with E-state index >= 15 is 0 Å². The van der Waals surface area contributed by atoms with E-state index in [1.54, 1.807) is 0 Å². The molecular weight excluding hydrogens is 344 g/mol. The number of carbonyl (C=O) groups is 1. The lowest BCUT2D eigenvalue weighted by molar-refractivity contribution is -0.115. The van der Waals surface area contributed by atoms with Crippen LogP contribution in [0.3, 0.4) is 0 Å². The van der Waals surface area contributed by atoms with Gasteiger partial charge in [0.1, 0.15) is 0 Å². The smallest absolute Gasteiger partial charge is 0.238 e. The van der Waals surface area contributed by atoms with Crippen LogP contribution in [0.1, 0.15) is 18.1 Å². The molecule has 0 saturated carbocycles. The Labute approximate surface area is 146 Å². The molecule has 2 rings (SSSR count). The summed E-state index contributed by atoms with van der Waals surface area (Å²) in [6, 6.07) is 11.9. The first-order valence-electron chi connectivity index (χ1n) is 7.34. The van der Waals surface area contributed by atoms with E-state index in [2.05, 4.69) is 11.4 Å². The SMILES string of the molecule is Cc1ccc(S[C@H](C)C(=O)Nc2ccc(S(N)(=O)=O)cc2)cc1C. The summed E-state index contributed by atoms with van der Waals surface area (Å²) in [5.41, 5.74) is 2.93. The first-order chi connectivity index (χ1) is 11.2. The second-order valence-corrected chi connectivity index (χ2v) is 8.54. The number of amides is 1. The zero-order valence-corrected chi connectivity index (χ0v) is 15.4. The largest absolute Gasteiger partial charge is 0.325 e. The number of aryl methyl sites for hydroxylation is 2. The van der Waals surface area contributed by atoms with Crippen LogP contribution in [-0.2, 0) is 14.8 Å². The number of hydrogen-bond donors (Lipinski definition) is 2. The highest BCUT2D eigenvalue weighted by Crippen LogP contribution is 2.26. The molecule has 0 aliphatic carbocycles. The molecule has 0 heterocycles. The highest BCUT2D eigenvalue weighted by atomic mass is 32.2. The number of hydrogen-bond acceptors (Lipinski definition) is 4. The third-order valence-electron chi connectivity index (χ3n) is 3.61. The first-order valence-corrected chi connectivity index (χ1v) is 9.77. The molecule has 3 N–H and O–H groups in total. The molecule has 2 aromatic carbocycles. The van der Waals surface area contributed by atoms with Gasteiger partial charge in [-0.15, -0.1) is 11.8 Å². The van der Waals surface area contributed by atoms with Gasteiger partial charge in [-0.1, -0.05) is 6.07 Å². The maximum Gasteiger partial charge on any atom is 0.238 e. The molecule has 0 unspecified atom stereocenters. The van der Waals surface area contributed by atoms with Crippen LogP contribution in [0, 0.1) is 13.8 Å². The Hall–Kier alpha value is -1.83. The van der Waals surface area contributed by atoms with Crippen molar-refractivity contribution >= 4 is 33.4 Å². The van der Waals surface area contributed by atoms with Gasteiger partial charge in [-0.25, -0.2) is 13.6 Å². The van der Waals surface area contributed by atoms with Crippen molar-refractivity contribution in [1.29, 1.82) is 0 Å². The third kappa shape index (κ3) is 4.83. The van der Waals surface area contributed by atoms with Gasteiger partial charge in [0.05, 0.1) is 10.1 Å². The summed E-state index contributed by atoms with van der Waals surface area (Å²) in [6.45, 7) is 5.91. The molecule has 0 bridgehead atoms. The van der Waals surface area contributed by atoms with E-state index in [-0.39, 0.29) is 16.1 Å². The summed E-state index contributed by atoms with van der Waals surface area (Å²) in [6.07, 6.45) is 0. The van der Waals surface area contributed by atoms with Gasteiger partial charge < -0.3 is 5.32 Å². The van der Waals surface area contributed by atoms with Gasteiger partial charge in [0.2, 0.25) is 15.9 Å². The van der Waals surface area contributed by atoms with Crippen molar-refractivity contribution in [1.82, 2.24) is 0 Å². The molecule has 24 heavy (non-hydrogen) atoms. The number of thioether (sulfide) groups is 1. The number of sulfonamides is 1. The Morgan fingerprint density at radius 3 is 2.25 bits per heavy atom. The summed E-state index contributed by atoms with van der Waals surface area (Å²) < 4.78 is 22.4. The molecule has 7 heteroatoms. The molecule has 0 fully saturated rings. The predicted octanol–water partition coefficient (Wildman–Crippen LogP) is 3.07. The van der Waals surface area contributed by atoms with Gasteiger partial charge in [-0.05, 0) is 68.3 Å². The molecule has 0 aliphatic rings. The van der Waals surface area contributed by atoms with Crippen LogP contribution in [0.15, 0.2) is 52.3 Å². The van der Waals surface area contributed by atoms with Crippen LogP contribution < -0.4 is 10.5 Å². The predicted molar refractivity (Wildman–Crippen MR) is 97.7 cm³/mol. The van der Waals surface area contributed by atoms with Gasteiger partial charge in [0, 0.05) is 10.6 Å². The van der Waals surface area contributed by atoms with E-state index < -0.39 is 10.0 Å². The number of benzene rings is 2. The number of carbonyl (C=O) groups excluding carboxylic acids is 1. The fraction of sp³-hybridized carbons (Fsp3) is 0.235. The highest BCUT2D eigenvalue weighted by molar-refractivity contribution is 8.00. The van der Waals surface area contributed by atoms with E-state index in [9.17, 15) is 13.2 Å². The van der Waals surface area contributed by atoms with Crippen LogP contribution in [0.2, 0.25) is 0 Å². The number of rotatable bonds is 5. The standard InChI is InChI=1S/C17H20N2O3S2/c1-11-4-7-15(10-12(11)2)23-13(3)17(20)19-14-5-8-16(9-6-14)24(18,21)22/h4-10,13H,1-3H3,(H,19,20)(H2,18,21,22)/t13-/m1/s1. The Balaban J connectivity index is 2.02. The minimum Gasteiger partial charge on any atom is -0.325 e. The molecule has 0 aromatic heterocycles. The fourth-order valence-electron chi connectivity index (χ4n) is 2.02. The van der Waals surface area contributed by atoms with E-state index in [1.165, 1.54) is 47.2 Å². The van der Waals surface area contributed by atoms with E-state index in [1.807, 2.05) is 32.9 Å². The van der Waals surface area contributed by atoms with Crippen molar-refractivity contribution in [2.45, 2.75) is 35.8 Å². The summed E-state index contributed by atoms with van der Waals surface area (Å²) in [5, 5.41) is 7.53. The Kier molecular flexibility index (Phi) is 5.69. The number of anilines is 1. The minimum absolute atomic E-state index is 0.0121. The molecule has 0 aliphatic heterocycles. The number of primary sulfonamides is 1. The Morgan fingerprint density at radius 1 is 1.08 bits per heavy atom. The van der Waals surface area contributed by atoms with E-state index in [0.717, 1.165) is 4.90 Å². The second kappa shape index (κ2) is 7.38. The van der Waals surface area contributed by atoms with Gasteiger partial charge >= 0.3 is 0 Å². The van der Waals surface area contributed by atoms with Crippen LogP contribution in [0.25, 0.3) is 0 Å². The normalized spacial score (nSPS) is 12.7. The van der Waals surface area contributed by atoms with Crippen molar-refractivity contribution in [2.75, 3.05) is 5.32 Å². The molecule has 0 spiro atoms. The van der Waals surface area contributed by atoms with Gasteiger partial charge in [-0.2, -0.15) is 0 Å². The summed E-state index contributed by atoms with van der Waals surface area (Å²) in [5.74, 6) is -0.151. The Bertz CT molecular complexity index is 847. The van der Waals surface area contributed by atoms with Crippen LogP contribution in [0.4, 0.5) is 5.69 Å². The lowest BCUT2D eigenvalue weighted by Gasteiger charge is -2.13. The van der Waals surface area contributed by atoms with Crippen molar-refractivity contribution in [3.63, 3.8) is 0 Å². The van der Waals surface area contributed by atoms with Crippen molar-refractivity contribution in [3.8, 4) is 0 Å². The zero-order valence-electron chi connectivity index (χ0n) is 13.7. The Morgan fingerprint density at radius 2 is 1.71 bits per heavy atom. The highest BCUT2D eigenvalue weighted by Gasteiger charge is 2.15. The zero-order chi connectivity index (χ0) is 17.9. The summed E-state index contributed by atoms with van der Waals surface area (Å²) >= 11 is 1.47. The monoisotopic (exact) mass is 364 g/mol. The molecular formula is C17H20N2O3S2. The molecule has 5 nitrogen and oxygen atoms in total. The average Bonchev–Trinajstić information content (AvgIpc) is 2.50. The van der Waals surface area contributed by atoms with Crippen LogP contribution in [-0.4, -0.2) is 19.6 Å². The topological polar surface area (TPSA) is 89.3 Å². The minimum atomic E-state index is -3.73. The maximum absolute atomic E-state index is 12.3. The van der Waals surface area contributed by atoms with Crippen molar-refractivity contribution in [3.05, 3.63) is 53.6 Å². The average molecular weight is 364 g/mol. The van der Waals surface area contributed by atoms with Gasteiger partial charge in [-0.3, -0.25) is 4.79 Å². The van der Waals surface area contributed by atoms with Gasteiger partial charge in [0.25, 0.3) is 0 Å². The second-order valence-electron chi connectivity index (χ2n) is 5.56. The maximum atomic E-state index is 12.3. The first kappa shape index (κ1) is 18.5. The molecule has 1 amide bonds. The molecule has 128 valence electrons. The van der Waals surface area contributed by atoms with Crippen LogP contribution in [0.5, 0.6) is 0 Å². The van der Waals surface area contributed by atoms with Crippen LogP contribution >= 0.6 is 11.8 Å².